The summed E-state index contributed by atoms with van der Waals surface area (Å²) in [5.41, 5.74) is 2.43. The van der Waals surface area contributed by atoms with Crippen LogP contribution in [-0.2, 0) is 6.54 Å². The first kappa shape index (κ1) is 14.8. The van der Waals surface area contributed by atoms with Gasteiger partial charge in [0.15, 0.2) is 0 Å². The van der Waals surface area contributed by atoms with E-state index in [-0.39, 0.29) is 0 Å². The molecule has 0 bridgehead atoms. The lowest BCUT2D eigenvalue weighted by atomic mass is 10.2. The van der Waals surface area contributed by atoms with Crippen LogP contribution >= 0.6 is 0 Å². The molecule has 0 saturated carbocycles. The average Bonchev–Trinajstić information content (AvgIpc) is 3.28. The van der Waals surface area contributed by atoms with Gasteiger partial charge in [-0.1, -0.05) is 12.1 Å². The maximum atomic E-state index is 4.17. The maximum absolute atomic E-state index is 4.17. The number of likely N-dealkylation sites (tertiary alicyclic amines) is 1. The predicted octanol–water partition coefficient (Wildman–Crippen LogP) is 0.747. The fourth-order valence-electron chi connectivity index (χ4n) is 3.65. The SMILES string of the molecule is c1ncn(-c2ccc(CN3CCC(N4CCNCC4)C3)cc2)n1. The molecule has 1 aromatic carbocycles. The Morgan fingerprint density at radius 3 is 2.65 bits per heavy atom. The molecule has 0 aliphatic carbocycles. The molecule has 1 N–H and O–H groups in total. The molecule has 0 radical (unpaired) electrons. The zero-order valence-corrected chi connectivity index (χ0v) is 13.4. The molecule has 3 heterocycles. The molecular weight excluding hydrogens is 288 g/mol. The van der Waals surface area contributed by atoms with Crippen LogP contribution < -0.4 is 5.32 Å². The minimum Gasteiger partial charge on any atom is -0.314 e. The summed E-state index contributed by atoms with van der Waals surface area (Å²) in [6.45, 7) is 8.13. The van der Waals surface area contributed by atoms with E-state index in [0.717, 1.165) is 31.4 Å². The predicted molar refractivity (Wildman–Crippen MR) is 89.5 cm³/mol. The van der Waals surface area contributed by atoms with Gasteiger partial charge in [-0.3, -0.25) is 9.80 Å². The second-order valence-corrected chi connectivity index (χ2v) is 6.47. The first-order valence-electron chi connectivity index (χ1n) is 8.49. The summed E-state index contributed by atoms with van der Waals surface area (Å²) in [4.78, 5) is 9.23. The highest BCUT2D eigenvalue weighted by atomic mass is 15.3. The van der Waals surface area contributed by atoms with E-state index in [9.17, 15) is 0 Å². The van der Waals surface area contributed by atoms with Gasteiger partial charge in [0, 0.05) is 51.9 Å². The topological polar surface area (TPSA) is 49.2 Å². The standard InChI is InChI=1S/C17H24N6/c1-3-16(23-14-19-13-20-23)4-2-15(1)11-21-8-5-17(12-21)22-9-6-18-7-10-22/h1-4,13-14,17-18H,5-12H2. The zero-order valence-electron chi connectivity index (χ0n) is 13.4. The fraction of sp³-hybridized carbons (Fsp3) is 0.529. The highest BCUT2D eigenvalue weighted by Gasteiger charge is 2.28. The summed E-state index contributed by atoms with van der Waals surface area (Å²) < 4.78 is 1.79. The number of piperazine rings is 1. The zero-order chi connectivity index (χ0) is 15.5. The number of hydrogen-bond acceptors (Lipinski definition) is 5. The second kappa shape index (κ2) is 6.78. The van der Waals surface area contributed by atoms with E-state index in [0.29, 0.717) is 0 Å². The van der Waals surface area contributed by atoms with Crippen molar-refractivity contribution < 1.29 is 0 Å². The Bertz CT molecular complexity index is 603. The monoisotopic (exact) mass is 312 g/mol. The van der Waals surface area contributed by atoms with Gasteiger partial charge < -0.3 is 5.32 Å². The number of hydrogen-bond donors (Lipinski definition) is 1. The van der Waals surface area contributed by atoms with E-state index in [1.165, 1.54) is 38.2 Å². The third kappa shape index (κ3) is 3.44. The molecule has 2 aliphatic rings. The summed E-state index contributed by atoms with van der Waals surface area (Å²) in [6.07, 6.45) is 4.60. The van der Waals surface area contributed by atoms with Gasteiger partial charge in [0.05, 0.1) is 5.69 Å². The Morgan fingerprint density at radius 1 is 1.09 bits per heavy atom. The first-order chi connectivity index (χ1) is 11.4. The van der Waals surface area contributed by atoms with E-state index in [1.54, 1.807) is 17.3 Å². The van der Waals surface area contributed by atoms with Crippen LogP contribution in [0.3, 0.4) is 0 Å². The summed E-state index contributed by atoms with van der Waals surface area (Å²) in [6, 6.07) is 9.39. The van der Waals surface area contributed by atoms with Gasteiger partial charge in [-0.2, -0.15) is 5.10 Å². The number of nitrogens with zero attached hydrogens (tertiary/aromatic N) is 5. The second-order valence-electron chi connectivity index (χ2n) is 6.47. The number of benzene rings is 1. The summed E-state index contributed by atoms with van der Waals surface area (Å²) in [5.74, 6) is 0. The summed E-state index contributed by atoms with van der Waals surface area (Å²) in [7, 11) is 0. The third-order valence-electron chi connectivity index (χ3n) is 4.94. The fourth-order valence-corrected chi connectivity index (χ4v) is 3.65. The van der Waals surface area contributed by atoms with Gasteiger partial charge in [-0.15, -0.1) is 0 Å². The van der Waals surface area contributed by atoms with Crippen LogP contribution in [0.25, 0.3) is 5.69 Å². The first-order valence-corrected chi connectivity index (χ1v) is 8.49. The van der Waals surface area contributed by atoms with Crippen LogP contribution in [-0.4, -0.2) is 69.9 Å². The molecule has 6 heteroatoms. The van der Waals surface area contributed by atoms with Crippen LogP contribution in [0, 0.1) is 0 Å². The minimum atomic E-state index is 0.742. The molecule has 1 aromatic heterocycles. The molecule has 2 saturated heterocycles. The maximum Gasteiger partial charge on any atom is 0.138 e. The molecule has 2 aliphatic heterocycles. The smallest absolute Gasteiger partial charge is 0.138 e. The Morgan fingerprint density at radius 2 is 1.91 bits per heavy atom. The molecule has 4 rings (SSSR count). The molecule has 1 atom stereocenters. The Kier molecular flexibility index (Phi) is 4.37. The molecule has 0 spiro atoms. The Balaban J connectivity index is 1.33. The highest BCUT2D eigenvalue weighted by Crippen LogP contribution is 2.19. The van der Waals surface area contributed by atoms with Crippen molar-refractivity contribution in [3.63, 3.8) is 0 Å². The normalized spacial score (nSPS) is 23.4. The van der Waals surface area contributed by atoms with Crippen molar-refractivity contribution in [3.8, 4) is 5.69 Å². The van der Waals surface area contributed by atoms with Crippen LogP contribution in [0.1, 0.15) is 12.0 Å². The summed E-state index contributed by atoms with van der Waals surface area (Å²) >= 11 is 0. The van der Waals surface area contributed by atoms with Crippen LogP contribution in [0.15, 0.2) is 36.9 Å². The molecule has 2 aromatic rings. The Hall–Kier alpha value is -1.76. The van der Waals surface area contributed by atoms with Gasteiger partial charge in [-0.05, 0) is 24.1 Å². The van der Waals surface area contributed by atoms with Crippen molar-refractivity contribution >= 4 is 0 Å². The highest BCUT2D eigenvalue weighted by molar-refractivity contribution is 5.33. The van der Waals surface area contributed by atoms with Crippen molar-refractivity contribution in [2.75, 3.05) is 39.3 Å². The molecule has 0 amide bonds. The van der Waals surface area contributed by atoms with Crippen LogP contribution in [0.5, 0.6) is 0 Å². The lowest BCUT2D eigenvalue weighted by molar-refractivity contribution is 0.170. The van der Waals surface area contributed by atoms with E-state index in [2.05, 4.69) is 49.5 Å². The van der Waals surface area contributed by atoms with Crippen molar-refractivity contribution in [2.45, 2.75) is 19.0 Å². The minimum absolute atomic E-state index is 0.742. The summed E-state index contributed by atoms with van der Waals surface area (Å²) in [5, 5.41) is 7.60. The van der Waals surface area contributed by atoms with E-state index < -0.39 is 0 Å². The quantitative estimate of drug-likeness (QED) is 0.903. The van der Waals surface area contributed by atoms with Crippen molar-refractivity contribution in [1.29, 1.82) is 0 Å². The number of nitrogens with one attached hydrogen (secondary N) is 1. The van der Waals surface area contributed by atoms with Crippen LogP contribution in [0.4, 0.5) is 0 Å². The van der Waals surface area contributed by atoms with Gasteiger partial charge in [-0.25, -0.2) is 9.67 Å². The average molecular weight is 312 g/mol. The number of aromatic nitrogens is 3. The molecule has 6 nitrogen and oxygen atoms in total. The van der Waals surface area contributed by atoms with Crippen molar-refractivity contribution in [1.82, 2.24) is 29.9 Å². The van der Waals surface area contributed by atoms with E-state index in [4.69, 9.17) is 0 Å². The van der Waals surface area contributed by atoms with Crippen molar-refractivity contribution in [3.05, 3.63) is 42.5 Å². The molecule has 1 unspecified atom stereocenters. The van der Waals surface area contributed by atoms with Gasteiger partial charge in [0.25, 0.3) is 0 Å². The third-order valence-corrected chi connectivity index (χ3v) is 4.94. The molecule has 2 fully saturated rings. The van der Waals surface area contributed by atoms with Crippen molar-refractivity contribution in [2.24, 2.45) is 0 Å². The molecule has 122 valence electrons. The largest absolute Gasteiger partial charge is 0.314 e. The lowest BCUT2D eigenvalue weighted by Crippen LogP contribution is -2.49. The van der Waals surface area contributed by atoms with Gasteiger partial charge >= 0.3 is 0 Å². The lowest BCUT2D eigenvalue weighted by Gasteiger charge is -2.32. The molecular formula is C17H24N6. The van der Waals surface area contributed by atoms with Crippen LogP contribution in [0.2, 0.25) is 0 Å². The van der Waals surface area contributed by atoms with Gasteiger partial charge in [0.2, 0.25) is 0 Å². The Labute approximate surface area is 137 Å². The molecule has 23 heavy (non-hydrogen) atoms. The van der Waals surface area contributed by atoms with Gasteiger partial charge in [0.1, 0.15) is 12.7 Å². The van der Waals surface area contributed by atoms with E-state index >= 15 is 0 Å². The number of rotatable bonds is 4. The van der Waals surface area contributed by atoms with E-state index in [1.807, 2.05) is 0 Å².